The zero-order valence-corrected chi connectivity index (χ0v) is 13.5. The van der Waals surface area contributed by atoms with Crippen molar-refractivity contribution < 1.29 is 17.7 Å². The van der Waals surface area contributed by atoms with Gasteiger partial charge in [-0.2, -0.15) is 12.7 Å². The van der Waals surface area contributed by atoms with Crippen LogP contribution in [0.15, 0.2) is 22.0 Å². The van der Waals surface area contributed by atoms with Gasteiger partial charge in [-0.05, 0) is 30.4 Å². The zero-order valence-electron chi connectivity index (χ0n) is 11.9. The third kappa shape index (κ3) is 3.21. The predicted octanol–water partition coefficient (Wildman–Crippen LogP) is 1.01. The van der Waals surface area contributed by atoms with Gasteiger partial charge in [0.1, 0.15) is 5.76 Å². The van der Waals surface area contributed by atoms with Gasteiger partial charge in [0.2, 0.25) is 5.91 Å². The minimum absolute atomic E-state index is 0.131. The number of thiophene rings is 1. The number of carbonyl (C=O) groups excluding carboxylic acids is 1. The molecule has 0 aromatic carbocycles. The Hall–Kier alpha value is -1.71. The van der Waals surface area contributed by atoms with Crippen LogP contribution in [0.1, 0.15) is 21.9 Å². The quantitative estimate of drug-likeness (QED) is 0.896. The van der Waals surface area contributed by atoms with E-state index < -0.39 is 16.1 Å². The van der Waals surface area contributed by atoms with Crippen LogP contribution >= 0.6 is 11.3 Å². The van der Waals surface area contributed by atoms with E-state index in [-0.39, 0.29) is 6.42 Å². The van der Waals surface area contributed by atoms with E-state index in [1.165, 1.54) is 9.18 Å². The number of nitrogens with zero attached hydrogens (tertiary/aromatic N) is 2. The third-order valence-corrected chi connectivity index (χ3v) is 5.87. The van der Waals surface area contributed by atoms with Crippen molar-refractivity contribution in [3.8, 4) is 0 Å². The van der Waals surface area contributed by atoms with Gasteiger partial charge in [0.15, 0.2) is 0 Å². The highest BCUT2D eigenvalue weighted by Crippen LogP contribution is 2.25. The zero-order chi connectivity index (χ0) is 15.7. The molecule has 9 heteroatoms. The van der Waals surface area contributed by atoms with Crippen molar-refractivity contribution in [3.63, 3.8) is 0 Å². The van der Waals surface area contributed by atoms with Crippen LogP contribution < -0.4 is 4.72 Å². The molecule has 2 aromatic heterocycles. The van der Waals surface area contributed by atoms with E-state index in [0.717, 1.165) is 5.56 Å². The summed E-state index contributed by atoms with van der Waals surface area (Å²) in [4.78, 5) is 13.1. The maximum atomic E-state index is 12.3. The van der Waals surface area contributed by atoms with Crippen LogP contribution in [0.25, 0.3) is 0 Å². The molecule has 1 N–H and O–H groups in total. The number of rotatable bonds is 4. The number of aryl methyl sites for hydroxylation is 1. The number of hydrogen-bond donors (Lipinski definition) is 1. The van der Waals surface area contributed by atoms with Crippen molar-refractivity contribution in [3.05, 3.63) is 39.4 Å². The number of carbonyl (C=O) groups is 1. The summed E-state index contributed by atoms with van der Waals surface area (Å²) in [5, 5.41) is 5.63. The molecule has 0 aliphatic carbocycles. The van der Waals surface area contributed by atoms with Gasteiger partial charge in [0.05, 0.1) is 12.1 Å². The molecular weight excluding hydrogens is 326 g/mol. The Labute approximate surface area is 132 Å². The highest BCUT2D eigenvalue weighted by Gasteiger charge is 2.28. The van der Waals surface area contributed by atoms with Gasteiger partial charge >= 0.3 is 10.2 Å². The van der Waals surface area contributed by atoms with Crippen LogP contribution in [0.5, 0.6) is 0 Å². The summed E-state index contributed by atoms with van der Waals surface area (Å²) in [6, 6.07) is 3.52. The molecule has 0 unspecified atom stereocenters. The average Bonchev–Trinajstić information content (AvgIpc) is 3.05. The molecule has 118 valence electrons. The lowest BCUT2D eigenvalue weighted by Gasteiger charge is -2.26. The van der Waals surface area contributed by atoms with E-state index in [9.17, 15) is 13.2 Å². The standard InChI is InChI=1S/C13H15N3O4S2/c1-9-6-11(14-20-9)7-13(17)15-22(18,19)16-4-2-12-10(8-16)3-5-21-12/h3,5-6H,2,4,7-8H2,1H3,(H,15,17). The molecular formula is C13H15N3O4S2. The molecule has 1 amide bonds. The predicted molar refractivity (Wildman–Crippen MR) is 80.4 cm³/mol. The van der Waals surface area contributed by atoms with Crippen LogP contribution in [-0.4, -0.2) is 30.3 Å². The van der Waals surface area contributed by atoms with Gasteiger partial charge in [0, 0.05) is 24.0 Å². The number of fused-ring (bicyclic) bond motifs is 1. The Morgan fingerprint density at radius 3 is 3.09 bits per heavy atom. The normalized spacial score (nSPS) is 15.5. The Balaban J connectivity index is 1.65. The van der Waals surface area contributed by atoms with E-state index in [1.807, 2.05) is 11.4 Å². The van der Waals surface area contributed by atoms with Crippen LogP contribution in [-0.2, 0) is 34.4 Å². The summed E-state index contributed by atoms with van der Waals surface area (Å²) in [6.45, 7) is 2.38. The van der Waals surface area contributed by atoms with Crippen molar-refractivity contribution in [2.45, 2.75) is 26.3 Å². The first-order valence-electron chi connectivity index (χ1n) is 6.72. The van der Waals surface area contributed by atoms with E-state index in [0.29, 0.717) is 31.0 Å². The smallest absolute Gasteiger partial charge is 0.304 e. The first kappa shape index (κ1) is 15.2. The lowest BCUT2D eigenvalue weighted by Crippen LogP contribution is -2.45. The molecule has 7 nitrogen and oxygen atoms in total. The molecule has 1 aliphatic rings. The van der Waals surface area contributed by atoms with Crippen LogP contribution in [0.3, 0.4) is 0 Å². The lowest BCUT2D eigenvalue weighted by atomic mass is 10.1. The molecule has 0 spiro atoms. The molecule has 0 saturated heterocycles. The Bertz CT molecular complexity index is 794. The van der Waals surface area contributed by atoms with Gasteiger partial charge in [-0.25, -0.2) is 4.72 Å². The summed E-state index contributed by atoms with van der Waals surface area (Å²) in [7, 11) is -3.84. The first-order chi connectivity index (χ1) is 10.4. The van der Waals surface area contributed by atoms with Crippen LogP contribution in [0.2, 0.25) is 0 Å². The summed E-state index contributed by atoms with van der Waals surface area (Å²) in [5.41, 5.74) is 1.41. The summed E-state index contributed by atoms with van der Waals surface area (Å²) in [5.74, 6) is -0.0453. The molecule has 0 saturated carbocycles. The molecule has 0 atom stereocenters. The fraction of sp³-hybridized carbons (Fsp3) is 0.385. The highest BCUT2D eigenvalue weighted by molar-refractivity contribution is 7.87. The molecule has 22 heavy (non-hydrogen) atoms. The molecule has 0 bridgehead atoms. The van der Waals surface area contributed by atoms with Crippen molar-refractivity contribution in [1.82, 2.24) is 14.2 Å². The fourth-order valence-electron chi connectivity index (χ4n) is 2.34. The number of amides is 1. The number of nitrogens with one attached hydrogen (secondary N) is 1. The lowest BCUT2D eigenvalue weighted by molar-refractivity contribution is -0.118. The fourth-order valence-corrected chi connectivity index (χ4v) is 4.36. The SMILES string of the molecule is Cc1cc(CC(=O)NS(=O)(=O)N2CCc3sccc3C2)no1. The molecule has 0 radical (unpaired) electrons. The number of aromatic nitrogens is 1. The van der Waals surface area contributed by atoms with E-state index in [2.05, 4.69) is 9.88 Å². The Kier molecular flexibility index (Phi) is 4.02. The molecule has 1 aliphatic heterocycles. The molecule has 3 heterocycles. The summed E-state index contributed by atoms with van der Waals surface area (Å²) < 4.78 is 32.8. The second kappa shape index (κ2) is 5.82. The van der Waals surface area contributed by atoms with Gasteiger partial charge < -0.3 is 4.52 Å². The Morgan fingerprint density at radius 2 is 2.36 bits per heavy atom. The largest absolute Gasteiger partial charge is 0.361 e. The van der Waals surface area contributed by atoms with Gasteiger partial charge in [-0.1, -0.05) is 5.16 Å². The highest BCUT2D eigenvalue weighted by atomic mass is 32.2. The maximum absolute atomic E-state index is 12.3. The van der Waals surface area contributed by atoms with E-state index in [4.69, 9.17) is 4.52 Å². The number of hydrogen-bond acceptors (Lipinski definition) is 6. The van der Waals surface area contributed by atoms with Gasteiger partial charge in [-0.15, -0.1) is 11.3 Å². The van der Waals surface area contributed by atoms with Crippen molar-refractivity contribution in [2.75, 3.05) is 6.54 Å². The molecule has 3 rings (SSSR count). The first-order valence-corrected chi connectivity index (χ1v) is 9.04. The monoisotopic (exact) mass is 341 g/mol. The van der Waals surface area contributed by atoms with E-state index in [1.54, 1.807) is 24.3 Å². The van der Waals surface area contributed by atoms with Crippen molar-refractivity contribution >= 4 is 27.5 Å². The molecule has 2 aromatic rings. The van der Waals surface area contributed by atoms with Crippen molar-refractivity contribution in [1.29, 1.82) is 0 Å². The second-order valence-electron chi connectivity index (χ2n) is 5.09. The maximum Gasteiger partial charge on any atom is 0.304 e. The van der Waals surface area contributed by atoms with Crippen molar-refractivity contribution in [2.24, 2.45) is 0 Å². The van der Waals surface area contributed by atoms with Crippen LogP contribution in [0, 0.1) is 6.92 Å². The van der Waals surface area contributed by atoms with E-state index >= 15 is 0 Å². The molecule has 0 fully saturated rings. The second-order valence-corrected chi connectivity index (χ2v) is 7.76. The minimum Gasteiger partial charge on any atom is -0.361 e. The Morgan fingerprint density at radius 1 is 1.55 bits per heavy atom. The summed E-state index contributed by atoms with van der Waals surface area (Å²) in [6.07, 6.45) is 0.540. The summed E-state index contributed by atoms with van der Waals surface area (Å²) >= 11 is 1.63. The topological polar surface area (TPSA) is 92.5 Å². The average molecular weight is 341 g/mol. The van der Waals surface area contributed by atoms with Crippen LogP contribution in [0.4, 0.5) is 0 Å². The van der Waals surface area contributed by atoms with Gasteiger partial charge in [0.25, 0.3) is 0 Å². The van der Waals surface area contributed by atoms with Gasteiger partial charge in [-0.3, -0.25) is 4.79 Å². The minimum atomic E-state index is -3.84. The third-order valence-electron chi connectivity index (χ3n) is 3.37.